The van der Waals surface area contributed by atoms with Crippen LogP contribution in [-0.2, 0) is 27.4 Å². The number of nitro benzene ring substituents is 1. The van der Waals surface area contributed by atoms with Crippen LogP contribution in [0.5, 0.6) is 0 Å². The van der Waals surface area contributed by atoms with Crippen molar-refractivity contribution in [2.24, 2.45) is 0 Å². The van der Waals surface area contributed by atoms with Gasteiger partial charge in [-0.15, -0.1) is 0 Å². The lowest BCUT2D eigenvalue weighted by Crippen LogP contribution is -2.42. The lowest BCUT2D eigenvalue weighted by molar-refractivity contribution is -0.384. The highest BCUT2D eigenvalue weighted by Gasteiger charge is 2.34. The first-order chi connectivity index (χ1) is 17.4. The molecule has 3 heterocycles. The standard InChI is InChI=1S/C25H23N5O6/c31-23(27-9-11-36-12-10-27)16-28-15-18(20-3-1-2-4-22(20)28)13-21-24(32)29(25(33)26-21)14-17-5-7-19(8-6-17)30(34)35/h1-8,13,15H,9-12,14,16H2,(H,26,33)/b21-13+. The molecule has 2 aliphatic rings. The zero-order chi connectivity index (χ0) is 25.2. The molecule has 2 aliphatic heterocycles. The highest BCUT2D eigenvalue weighted by atomic mass is 16.6. The van der Waals surface area contributed by atoms with Crippen molar-refractivity contribution in [3.8, 4) is 0 Å². The number of ether oxygens (including phenoxy) is 1. The normalized spacial score (nSPS) is 17.2. The fourth-order valence-corrected chi connectivity index (χ4v) is 4.36. The van der Waals surface area contributed by atoms with Gasteiger partial charge in [-0.1, -0.05) is 30.3 Å². The van der Waals surface area contributed by atoms with Gasteiger partial charge in [-0.3, -0.25) is 24.6 Å². The summed E-state index contributed by atoms with van der Waals surface area (Å²) in [5.41, 5.74) is 2.17. The summed E-state index contributed by atoms with van der Waals surface area (Å²) in [4.78, 5) is 51.5. The molecule has 3 aromatic rings. The summed E-state index contributed by atoms with van der Waals surface area (Å²) in [6.07, 6.45) is 3.41. The number of carbonyl (C=O) groups excluding carboxylic acids is 3. The molecule has 0 atom stereocenters. The summed E-state index contributed by atoms with van der Waals surface area (Å²) in [6.45, 7) is 2.29. The minimum Gasteiger partial charge on any atom is -0.378 e. The second-order valence-electron chi connectivity index (χ2n) is 8.53. The first-order valence-corrected chi connectivity index (χ1v) is 11.4. The van der Waals surface area contributed by atoms with Crippen molar-refractivity contribution in [2.75, 3.05) is 26.3 Å². The number of rotatable bonds is 6. The van der Waals surface area contributed by atoms with E-state index in [9.17, 15) is 24.5 Å². The third kappa shape index (κ3) is 4.56. The van der Waals surface area contributed by atoms with Crippen LogP contribution in [0.4, 0.5) is 10.5 Å². The van der Waals surface area contributed by atoms with Gasteiger partial charge < -0.3 is 19.5 Å². The third-order valence-corrected chi connectivity index (χ3v) is 6.24. The number of aromatic nitrogens is 1. The molecule has 0 radical (unpaired) electrons. The van der Waals surface area contributed by atoms with Gasteiger partial charge in [-0.2, -0.15) is 0 Å². The Morgan fingerprint density at radius 1 is 1.08 bits per heavy atom. The van der Waals surface area contributed by atoms with Crippen LogP contribution in [0.1, 0.15) is 11.1 Å². The monoisotopic (exact) mass is 489 g/mol. The van der Waals surface area contributed by atoms with E-state index in [1.807, 2.05) is 28.8 Å². The largest absolute Gasteiger partial charge is 0.378 e. The van der Waals surface area contributed by atoms with Gasteiger partial charge in [0.1, 0.15) is 12.2 Å². The molecule has 0 bridgehead atoms. The first-order valence-electron chi connectivity index (χ1n) is 11.4. The molecule has 1 aromatic heterocycles. The van der Waals surface area contributed by atoms with Crippen LogP contribution in [0, 0.1) is 10.1 Å². The van der Waals surface area contributed by atoms with Crippen LogP contribution in [0.2, 0.25) is 0 Å². The predicted molar refractivity (Wildman–Crippen MR) is 129 cm³/mol. The molecule has 0 aliphatic carbocycles. The first kappa shape index (κ1) is 23.2. The summed E-state index contributed by atoms with van der Waals surface area (Å²) in [5.74, 6) is -0.516. The average Bonchev–Trinajstić information content (AvgIpc) is 3.36. The number of amides is 4. The molecule has 184 valence electrons. The number of urea groups is 1. The van der Waals surface area contributed by atoms with Crippen LogP contribution in [0.15, 0.2) is 60.4 Å². The molecule has 2 saturated heterocycles. The molecule has 11 nitrogen and oxygen atoms in total. The highest BCUT2D eigenvalue weighted by Crippen LogP contribution is 2.26. The number of benzene rings is 2. The van der Waals surface area contributed by atoms with Crippen molar-refractivity contribution in [2.45, 2.75) is 13.1 Å². The van der Waals surface area contributed by atoms with E-state index in [0.717, 1.165) is 15.8 Å². The molecule has 0 saturated carbocycles. The summed E-state index contributed by atoms with van der Waals surface area (Å²) in [7, 11) is 0. The lowest BCUT2D eigenvalue weighted by Gasteiger charge is -2.27. The number of nitrogens with zero attached hydrogens (tertiary/aromatic N) is 4. The number of nitrogens with one attached hydrogen (secondary N) is 1. The van der Waals surface area contributed by atoms with E-state index < -0.39 is 16.9 Å². The van der Waals surface area contributed by atoms with E-state index in [-0.39, 0.29) is 30.4 Å². The maximum Gasteiger partial charge on any atom is 0.329 e. The third-order valence-electron chi connectivity index (χ3n) is 6.24. The molecule has 0 unspecified atom stereocenters. The van der Waals surface area contributed by atoms with Gasteiger partial charge in [0.2, 0.25) is 5.91 Å². The maximum atomic E-state index is 13.0. The number of morpholine rings is 1. The number of hydrogen-bond acceptors (Lipinski definition) is 6. The Morgan fingerprint density at radius 3 is 2.53 bits per heavy atom. The minimum absolute atomic E-state index is 0.0159. The van der Waals surface area contributed by atoms with E-state index in [1.54, 1.807) is 17.2 Å². The molecular formula is C25H23N5O6. The van der Waals surface area contributed by atoms with E-state index in [2.05, 4.69) is 5.32 Å². The molecule has 36 heavy (non-hydrogen) atoms. The smallest absolute Gasteiger partial charge is 0.329 e. The van der Waals surface area contributed by atoms with Gasteiger partial charge in [0.15, 0.2) is 0 Å². The summed E-state index contributed by atoms with van der Waals surface area (Å²) >= 11 is 0. The zero-order valence-electron chi connectivity index (χ0n) is 19.3. The van der Waals surface area contributed by atoms with Gasteiger partial charge in [-0.05, 0) is 17.7 Å². The summed E-state index contributed by atoms with van der Waals surface area (Å²) < 4.78 is 7.17. The summed E-state index contributed by atoms with van der Waals surface area (Å²) in [5, 5.41) is 14.3. The number of imide groups is 1. The maximum absolute atomic E-state index is 13.0. The van der Waals surface area contributed by atoms with Crippen LogP contribution in [0.25, 0.3) is 17.0 Å². The molecule has 2 fully saturated rings. The van der Waals surface area contributed by atoms with Crippen LogP contribution >= 0.6 is 0 Å². The zero-order valence-corrected chi connectivity index (χ0v) is 19.3. The summed E-state index contributed by atoms with van der Waals surface area (Å²) in [6, 6.07) is 12.7. The molecule has 0 spiro atoms. The number of non-ortho nitro benzene ring substituents is 1. The van der Waals surface area contributed by atoms with Crippen molar-refractivity contribution < 1.29 is 24.0 Å². The fourth-order valence-electron chi connectivity index (χ4n) is 4.36. The SMILES string of the molecule is O=C(Cn1cc(/C=C2/NC(=O)N(Cc3ccc([N+](=O)[O-])cc3)C2=O)c2ccccc21)N1CCOCC1. The van der Waals surface area contributed by atoms with E-state index in [0.29, 0.717) is 37.4 Å². The second kappa shape index (κ2) is 9.62. The van der Waals surface area contributed by atoms with Crippen molar-refractivity contribution in [1.82, 2.24) is 19.7 Å². The van der Waals surface area contributed by atoms with Crippen molar-refractivity contribution >= 4 is 40.5 Å². The van der Waals surface area contributed by atoms with Crippen LogP contribution in [-0.4, -0.2) is 63.4 Å². The van der Waals surface area contributed by atoms with Gasteiger partial charge in [0.25, 0.3) is 11.6 Å². The Hall–Kier alpha value is -4.51. The van der Waals surface area contributed by atoms with Gasteiger partial charge in [-0.25, -0.2) is 4.79 Å². The Bertz CT molecular complexity index is 1390. The van der Waals surface area contributed by atoms with Gasteiger partial charge in [0, 0.05) is 47.9 Å². The number of hydrogen-bond donors (Lipinski definition) is 1. The quantitative estimate of drug-likeness (QED) is 0.245. The van der Waals surface area contributed by atoms with E-state index in [4.69, 9.17) is 4.74 Å². The van der Waals surface area contributed by atoms with E-state index in [1.165, 1.54) is 24.3 Å². The predicted octanol–water partition coefficient (Wildman–Crippen LogP) is 2.50. The Morgan fingerprint density at radius 2 is 1.81 bits per heavy atom. The number of nitro groups is 1. The molecule has 4 amide bonds. The Balaban J connectivity index is 1.38. The number of fused-ring (bicyclic) bond motifs is 1. The van der Waals surface area contributed by atoms with Crippen molar-refractivity contribution in [1.29, 1.82) is 0 Å². The molecule has 1 N–H and O–H groups in total. The lowest BCUT2D eigenvalue weighted by atomic mass is 10.1. The molecule has 11 heteroatoms. The number of para-hydroxylation sites is 1. The molecule has 2 aromatic carbocycles. The van der Waals surface area contributed by atoms with Crippen molar-refractivity contribution in [3.63, 3.8) is 0 Å². The topological polar surface area (TPSA) is 127 Å². The van der Waals surface area contributed by atoms with Crippen LogP contribution < -0.4 is 5.32 Å². The van der Waals surface area contributed by atoms with Crippen molar-refractivity contribution in [3.05, 3.63) is 81.7 Å². The second-order valence-corrected chi connectivity index (χ2v) is 8.53. The minimum atomic E-state index is -0.573. The molecule has 5 rings (SSSR count). The van der Waals surface area contributed by atoms with Crippen LogP contribution in [0.3, 0.4) is 0 Å². The Labute approximate surface area is 205 Å². The average molecular weight is 489 g/mol. The van der Waals surface area contributed by atoms with E-state index >= 15 is 0 Å². The van der Waals surface area contributed by atoms with Gasteiger partial charge in [0.05, 0.1) is 24.7 Å². The number of carbonyl (C=O) groups is 3. The molecular weight excluding hydrogens is 466 g/mol. The highest BCUT2D eigenvalue weighted by molar-refractivity contribution is 6.14. The fraction of sp³-hybridized carbons (Fsp3) is 0.240. The van der Waals surface area contributed by atoms with Gasteiger partial charge >= 0.3 is 6.03 Å². The Kier molecular flexibility index (Phi) is 6.21.